The van der Waals surface area contributed by atoms with Crippen molar-refractivity contribution in [1.29, 1.82) is 0 Å². The second-order valence-electron chi connectivity index (χ2n) is 4.97. The number of carbonyl (C=O) groups is 3. The van der Waals surface area contributed by atoms with E-state index < -0.39 is 5.97 Å². The highest BCUT2D eigenvalue weighted by Gasteiger charge is 2.25. The molecule has 3 N–H and O–H groups in total. The monoisotopic (exact) mass is 311 g/mol. The molecule has 1 unspecified atom stereocenters. The predicted molar refractivity (Wildman–Crippen MR) is 76.7 cm³/mol. The van der Waals surface area contributed by atoms with E-state index in [1.807, 2.05) is 4.90 Å². The van der Waals surface area contributed by atoms with Crippen LogP contribution >= 0.6 is 11.3 Å². The van der Waals surface area contributed by atoms with Gasteiger partial charge in [-0.3, -0.25) is 30.1 Å². The summed E-state index contributed by atoms with van der Waals surface area (Å²) in [4.78, 5) is 36.4. The molecule has 1 aliphatic rings. The molecule has 1 aromatic heterocycles. The molecule has 7 nitrogen and oxygen atoms in total. The van der Waals surface area contributed by atoms with Gasteiger partial charge in [0.15, 0.2) is 0 Å². The summed E-state index contributed by atoms with van der Waals surface area (Å²) in [6.07, 6.45) is 0.911. The summed E-state index contributed by atoms with van der Waals surface area (Å²) in [5.41, 5.74) is 4.72. The zero-order valence-corrected chi connectivity index (χ0v) is 12.2. The normalized spacial score (nSPS) is 18.4. The average Bonchev–Trinajstić information content (AvgIpc) is 3.07. The summed E-state index contributed by atoms with van der Waals surface area (Å²) in [7, 11) is 0. The molecule has 1 aliphatic heterocycles. The van der Waals surface area contributed by atoms with Crippen LogP contribution in [0.1, 0.15) is 22.5 Å². The number of carbonyl (C=O) groups excluding carboxylic acids is 2. The molecule has 114 valence electrons. The Morgan fingerprint density at radius 3 is 2.86 bits per heavy atom. The van der Waals surface area contributed by atoms with Gasteiger partial charge in [-0.25, -0.2) is 0 Å². The first kappa shape index (κ1) is 15.5. The fraction of sp³-hybridized carbons (Fsp3) is 0.462. The first-order valence-corrected chi connectivity index (χ1v) is 7.49. The van der Waals surface area contributed by atoms with Crippen LogP contribution in [-0.2, 0) is 9.59 Å². The van der Waals surface area contributed by atoms with Crippen LogP contribution < -0.4 is 10.9 Å². The molecule has 0 aromatic carbocycles. The molecule has 1 aromatic rings. The number of hydrazine groups is 1. The minimum atomic E-state index is -0.811. The van der Waals surface area contributed by atoms with E-state index in [1.54, 1.807) is 17.5 Å². The number of hydrogen-bond donors (Lipinski definition) is 3. The SMILES string of the molecule is O=C(O)CC1CCN(CC(=O)NNC(=O)c2cccs2)C1. The van der Waals surface area contributed by atoms with Crippen LogP contribution in [0.3, 0.4) is 0 Å². The number of thiophene rings is 1. The van der Waals surface area contributed by atoms with Gasteiger partial charge < -0.3 is 5.11 Å². The largest absolute Gasteiger partial charge is 0.481 e. The van der Waals surface area contributed by atoms with Crippen LogP contribution in [0.15, 0.2) is 17.5 Å². The van der Waals surface area contributed by atoms with Gasteiger partial charge in [0.1, 0.15) is 0 Å². The van der Waals surface area contributed by atoms with E-state index >= 15 is 0 Å². The predicted octanol–water partition coefficient (Wildman–Crippen LogP) is 0.306. The molecular weight excluding hydrogens is 294 g/mol. The zero-order valence-electron chi connectivity index (χ0n) is 11.4. The lowest BCUT2D eigenvalue weighted by Gasteiger charge is -2.15. The molecule has 0 spiro atoms. The molecule has 2 amide bonds. The Morgan fingerprint density at radius 1 is 1.38 bits per heavy atom. The van der Waals surface area contributed by atoms with Gasteiger partial charge in [0.25, 0.3) is 11.8 Å². The van der Waals surface area contributed by atoms with Crippen LogP contribution in [0.25, 0.3) is 0 Å². The summed E-state index contributed by atoms with van der Waals surface area (Å²) in [5.74, 6) is -1.37. The Hall–Kier alpha value is -1.93. The summed E-state index contributed by atoms with van der Waals surface area (Å²) in [5, 5.41) is 10.5. The van der Waals surface area contributed by atoms with Crippen molar-refractivity contribution in [3.05, 3.63) is 22.4 Å². The standard InChI is InChI=1S/C13H17N3O4S/c17-11(14-15-13(20)10-2-1-5-21-10)8-16-4-3-9(7-16)6-12(18)19/h1-2,5,9H,3-4,6-8H2,(H,14,17)(H,15,20)(H,18,19). The first-order valence-electron chi connectivity index (χ1n) is 6.61. The third kappa shape index (κ3) is 4.83. The quantitative estimate of drug-likeness (QED) is 0.680. The number of rotatable bonds is 5. The van der Waals surface area contributed by atoms with Crippen LogP contribution in [0.5, 0.6) is 0 Å². The van der Waals surface area contributed by atoms with Crippen molar-refractivity contribution in [2.75, 3.05) is 19.6 Å². The highest BCUT2D eigenvalue weighted by molar-refractivity contribution is 7.12. The molecule has 0 saturated carbocycles. The Kier molecular flexibility index (Phi) is 5.29. The lowest BCUT2D eigenvalue weighted by molar-refractivity contribution is -0.138. The number of nitrogens with one attached hydrogen (secondary N) is 2. The smallest absolute Gasteiger partial charge is 0.303 e. The number of likely N-dealkylation sites (tertiary alicyclic amines) is 1. The van der Waals surface area contributed by atoms with E-state index in [9.17, 15) is 14.4 Å². The number of aliphatic carboxylic acids is 1. The van der Waals surface area contributed by atoms with E-state index in [1.165, 1.54) is 11.3 Å². The van der Waals surface area contributed by atoms with Crippen molar-refractivity contribution in [3.63, 3.8) is 0 Å². The number of hydrogen-bond acceptors (Lipinski definition) is 5. The van der Waals surface area contributed by atoms with Crippen molar-refractivity contribution >= 4 is 29.1 Å². The van der Waals surface area contributed by atoms with Gasteiger partial charge in [-0.15, -0.1) is 11.3 Å². The van der Waals surface area contributed by atoms with Crippen molar-refractivity contribution in [2.24, 2.45) is 5.92 Å². The van der Waals surface area contributed by atoms with Crippen molar-refractivity contribution < 1.29 is 19.5 Å². The summed E-state index contributed by atoms with van der Waals surface area (Å²) >= 11 is 1.29. The zero-order chi connectivity index (χ0) is 15.2. The van der Waals surface area contributed by atoms with Gasteiger partial charge in [-0.2, -0.15) is 0 Å². The molecular formula is C13H17N3O4S. The molecule has 2 heterocycles. The Bertz CT molecular complexity index is 517. The summed E-state index contributed by atoms with van der Waals surface area (Å²) in [6.45, 7) is 1.45. The number of amides is 2. The lowest BCUT2D eigenvalue weighted by atomic mass is 10.1. The number of carboxylic acid groups (broad SMARTS) is 1. The Labute approximate surface area is 125 Å². The Morgan fingerprint density at radius 2 is 2.19 bits per heavy atom. The van der Waals surface area contributed by atoms with Crippen LogP contribution in [0.2, 0.25) is 0 Å². The van der Waals surface area contributed by atoms with E-state index in [4.69, 9.17) is 5.11 Å². The van der Waals surface area contributed by atoms with Crippen LogP contribution in [0, 0.1) is 5.92 Å². The fourth-order valence-electron chi connectivity index (χ4n) is 2.31. The molecule has 1 atom stereocenters. The minimum Gasteiger partial charge on any atom is -0.481 e. The fourth-order valence-corrected chi connectivity index (χ4v) is 2.93. The van der Waals surface area contributed by atoms with Gasteiger partial charge in [0.05, 0.1) is 11.4 Å². The maximum atomic E-state index is 11.7. The van der Waals surface area contributed by atoms with E-state index in [-0.39, 0.29) is 30.7 Å². The van der Waals surface area contributed by atoms with Crippen LogP contribution in [0.4, 0.5) is 0 Å². The molecule has 21 heavy (non-hydrogen) atoms. The van der Waals surface area contributed by atoms with Crippen molar-refractivity contribution in [1.82, 2.24) is 15.8 Å². The summed E-state index contributed by atoms with van der Waals surface area (Å²) < 4.78 is 0. The molecule has 8 heteroatoms. The average molecular weight is 311 g/mol. The van der Waals surface area contributed by atoms with Gasteiger partial charge >= 0.3 is 5.97 Å². The lowest BCUT2D eigenvalue weighted by Crippen LogP contribution is -2.45. The third-order valence-electron chi connectivity index (χ3n) is 3.26. The minimum absolute atomic E-state index is 0.0935. The molecule has 0 bridgehead atoms. The third-order valence-corrected chi connectivity index (χ3v) is 4.13. The molecule has 0 radical (unpaired) electrons. The number of nitrogens with zero attached hydrogens (tertiary/aromatic N) is 1. The van der Waals surface area contributed by atoms with E-state index in [0.717, 1.165) is 6.42 Å². The molecule has 1 saturated heterocycles. The Balaban J connectivity index is 1.68. The number of carboxylic acids is 1. The maximum absolute atomic E-state index is 11.7. The topological polar surface area (TPSA) is 98.7 Å². The first-order chi connectivity index (χ1) is 10.0. The highest BCUT2D eigenvalue weighted by atomic mass is 32.1. The van der Waals surface area contributed by atoms with Gasteiger partial charge in [-0.1, -0.05) is 6.07 Å². The van der Waals surface area contributed by atoms with Gasteiger partial charge in [0, 0.05) is 13.0 Å². The van der Waals surface area contributed by atoms with Gasteiger partial charge in [-0.05, 0) is 30.3 Å². The van der Waals surface area contributed by atoms with Gasteiger partial charge in [0.2, 0.25) is 0 Å². The summed E-state index contributed by atoms with van der Waals surface area (Å²) in [6, 6.07) is 3.43. The maximum Gasteiger partial charge on any atom is 0.303 e. The van der Waals surface area contributed by atoms with E-state index in [0.29, 0.717) is 18.0 Å². The van der Waals surface area contributed by atoms with Crippen molar-refractivity contribution in [3.8, 4) is 0 Å². The molecule has 1 fully saturated rings. The van der Waals surface area contributed by atoms with Crippen LogP contribution in [-0.4, -0.2) is 47.4 Å². The van der Waals surface area contributed by atoms with E-state index in [2.05, 4.69) is 10.9 Å². The highest BCUT2D eigenvalue weighted by Crippen LogP contribution is 2.18. The van der Waals surface area contributed by atoms with Crippen molar-refractivity contribution in [2.45, 2.75) is 12.8 Å². The molecule has 2 rings (SSSR count). The molecule has 0 aliphatic carbocycles. The second kappa shape index (κ2) is 7.19. The second-order valence-corrected chi connectivity index (χ2v) is 5.91.